The molecule has 0 aliphatic carbocycles. The number of aryl methyl sites for hydroxylation is 1. The van der Waals surface area contributed by atoms with Crippen LogP contribution in [0.4, 0.5) is 11.4 Å². The van der Waals surface area contributed by atoms with Crippen molar-refractivity contribution in [3.05, 3.63) is 77.6 Å². The van der Waals surface area contributed by atoms with Gasteiger partial charge in [-0.3, -0.25) is 9.59 Å². The highest BCUT2D eigenvalue weighted by molar-refractivity contribution is 6.05. The molecule has 34 heavy (non-hydrogen) atoms. The van der Waals surface area contributed by atoms with Gasteiger partial charge in [0.2, 0.25) is 5.91 Å². The fourth-order valence-electron chi connectivity index (χ4n) is 4.09. The van der Waals surface area contributed by atoms with E-state index in [4.69, 9.17) is 4.74 Å². The van der Waals surface area contributed by atoms with Gasteiger partial charge in [-0.2, -0.15) is 5.10 Å². The van der Waals surface area contributed by atoms with Gasteiger partial charge in [-0.05, 0) is 51.1 Å². The highest BCUT2D eigenvalue weighted by Gasteiger charge is 2.29. The van der Waals surface area contributed by atoms with E-state index in [0.29, 0.717) is 11.4 Å². The second-order valence-electron chi connectivity index (χ2n) is 8.16. The first kappa shape index (κ1) is 23.0. The number of anilines is 2. The quantitative estimate of drug-likeness (QED) is 0.464. The minimum absolute atomic E-state index is 0.151. The molecule has 2 heterocycles. The van der Waals surface area contributed by atoms with E-state index >= 15 is 0 Å². The van der Waals surface area contributed by atoms with Crippen LogP contribution >= 0.6 is 0 Å². The molecule has 0 radical (unpaired) electrons. The summed E-state index contributed by atoms with van der Waals surface area (Å²) in [7, 11) is 0. The standard InChI is InChI=1S/C26H26N4O4/c1-17-15-24(31)27-22-11-7-8-12-23(22)29(17)25(32)16-34-26(33)14-13-21-18(2)28-30(19(21)3)20-9-5-4-6-10-20/h4-14,17H,15-16H2,1-3H3,(H,27,31)/b14-13+. The molecule has 4 rings (SSSR count). The maximum Gasteiger partial charge on any atom is 0.331 e. The van der Waals surface area contributed by atoms with Crippen molar-refractivity contribution in [2.24, 2.45) is 0 Å². The van der Waals surface area contributed by atoms with Gasteiger partial charge < -0.3 is 15.0 Å². The molecule has 0 saturated heterocycles. The highest BCUT2D eigenvalue weighted by atomic mass is 16.5. The van der Waals surface area contributed by atoms with Crippen molar-refractivity contribution in [3.8, 4) is 5.69 Å². The van der Waals surface area contributed by atoms with E-state index in [0.717, 1.165) is 22.6 Å². The molecule has 0 saturated carbocycles. The minimum Gasteiger partial charge on any atom is -0.452 e. The predicted molar refractivity (Wildman–Crippen MR) is 130 cm³/mol. The monoisotopic (exact) mass is 458 g/mol. The molecule has 8 heteroatoms. The third kappa shape index (κ3) is 4.76. The van der Waals surface area contributed by atoms with Crippen LogP contribution in [0.2, 0.25) is 0 Å². The van der Waals surface area contributed by atoms with Gasteiger partial charge >= 0.3 is 5.97 Å². The molecule has 3 aromatic rings. The molecule has 1 unspecified atom stereocenters. The van der Waals surface area contributed by atoms with Crippen molar-refractivity contribution >= 4 is 35.2 Å². The topological polar surface area (TPSA) is 93.5 Å². The number of amides is 2. The van der Waals surface area contributed by atoms with Gasteiger partial charge in [-0.1, -0.05) is 30.3 Å². The van der Waals surface area contributed by atoms with Gasteiger partial charge in [-0.15, -0.1) is 0 Å². The summed E-state index contributed by atoms with van der Waals surface area (Å²) in [5.74, 6) is -1.20. The zero-order valence-corrected chi connectivity index (χ0v) is 19.3. The van der Waals surface area contributed by atoms with Crippen molar-refractivity contribution in [1.82, 2.24) is 9.78 Å². The molecule has 1 aliphatic heterocycles. The van der Waals surface area contributed by atoms with Crippen LogP contribution in [-0.2, 0) is 19.1 Å². The van der Waals surface area contributed by atoms with Crippen LogP contribution in [0.25, 0.3) is 11.8 Å². The second kappa shape index (κ2) is 9.74. The molecule has 8 nitrogen and oxygen atoms in total. The average molecular weight is 459 g/mol. The number of esters is 1. The number of aromatic nitrogens is 2. The zero-order chi connectivity index (χ0) is 24.2. The summed E-state index contributed by atoms with van der Waals surface area (Å²) >= 11 is 0. The molecular weight excluding hydrogens is 432 g/mol. The summed E-state index contributed by atoms with van der Waals surface area (Å²) < 4.78 is 7.05. The van der Waals surface area contributed by atoms with Crippen LogP contribution in [0.3, 0.4) is 0 Å². The van der Waals surface area contributed by atoms with Crippen molar-refractivity contribution in [2.45, 2.75) is 33.2 Å². The lowest BCUT2D eigenvalue weighted by atomic mass is 10.1. The lowest BCUT2D eigenvalue weighted by Gasteiger charge is -2.27. The number of benzene rings is 2. The van der Waals surface area contributed by atoms with Gasteiger partial charge in [0, 0.05) is 29.8 Å². The molecule has 2 aromatic carbocycles. The molecule has 1 atom stereocenters. The SMILES string of the molecule is Cc1nn(-c2ccccc2)c(C)c1/C=C/C(=O)OCC(=O)N1c2ccccc2NC(=O)CC1C. The molecule has 1 aliphatic rings. The maximum atomic E-state index is 13.0. The Morgan fingerprint density at radius 2 is 1.82 bits per heavy atom. The summed E-state index contributed by atoms with van der Waals surface area (Å²) in [6.45, 7) is 5.15. The van der Waals surface area contributed by atoms with E-state index in [9.17, 15) is 14.4 Å². The van der Waals surface area contributed by atoms with Crippen LogP contribution in [0.1, 0.15) is 30.3 Å². The van der Waals surface area contributed by atoms with Gasteiger partial charge in [0.1, 0.15) is 0 Å². The van der Waals surface area contributed by atoms with Gasteiger partial charge in [0.25, 0.3) is 5.91 Å². The Kier molecular flexibility index (Phi) is 6.58. The number of hydrogen-bond acceptors (Lipinski definition) is 5. The molecule has 1 N–H and O–H groups in total. The van der Waals surface area contributed by atoms with Gasteiger partial charge in [0.15, 0.2) is 6.61 Å². The van der Waals surface area contributed by atoms with Crippen LogP contribution in [0.5, 0.6) is 0 Å². The zero-order valence-electron chi connectivity index (χ0n) is 19.3. The van der Waals surface area contributed by atoms with Crippen LogP contribution < -0.4 is 10.2 Å². The number of para-hydroxylation sites is 3. The largest absolute Gasteiger partial charge is 0.452 e. The Morgan fingerprint density at radius 3 is 2.59 bits per heavy atom. The Labute approximate surface area is 197 Å². The summed E-state index contributed by atoms with van der Waals surface area (Å²) in [5, 5.41) is 7.36. The molecule has 2 amide bonds. The maximum absolute atomic E-state index is 13.0. The first-order chi connectivity index (χ1) is 16.3. The number of rotatable bonds is 5. The summed E-state index contributed by atoms with van der Waals surface area (Å²) in [6, 6.07) is 16.4. The molecular formula is C26H26N4O4. The van der Waals surface area contributed by atoms with Crippen molar-refractivity contribution in [3.63, 3.8) is 0 Å². The number of nitrogens with zero attached hydrogens (tertiary/aromatic N) is 3. The predicted octanol–water partition coefficient (Wildman–Crippen LogP) is 3.81. The van der Waals surface area contributed by atoms with E-state index in [1.807, 2.05) is 48.9 Å². The number of fused-ring (bicyclic) bond motifs is 1. The van der Waals surface area contributed by atoms with Gasteiger partial charge in [0.05, 0.1) is 22.8 Å². The van der Waals surface area contributed by atoms with E-state index in [2.05, 4.69) is 10.4 Å². The Bertz CT molecular complexity index is 1260. The number of carbonyl (C=O) groups excluding carboxylic acids is 3. The van der Waals surface area contributed by atoms with Crippen LogP contribution in [0, 0.1) is 13.8 Å². The Hall–Kier alpha value is -4.20. The first-order valence-corrected chi connectivity index (χ1v) is 11.0. The van der Waals surface area contributed by atoms with Crippen LogP contribution in [-0.4, -0.2) is 40.2 Å². The number of ether oxygens (including phenoxy) is 1. The fraction of sp³-hybridized carbons (Fsp3) is 0.231. The molecule has 1 aromatic heterocycles. The normalized spacial score (nSPS) is 15.6. The Morgan fingerprint density at radius 1 is 1.12 bits per heavy atom. The Balaban J connectivity index is 1.44. The smallest absolute Gasteiger partial charge is 0.331 e. The molecule has 0 spiro atoms. The summed E-state index contributed by atoms with van der Waals surface area (Å²) in [6.07, 6.45) is 3.10. The molecule has 0 bridgehead atoms. The average Bonchev–Trinajstić information content (AvgIpc) is 3.03. The summed E-state index contributed by atoms with van der Waals surface area (Å²) in [4.78, 5) is 38.9. The molecule has 174 valence electrons. The summed E-state index contributed by atoms with van der Waals surface area (Å²) in [5.41, 5.74) is 4.53. The van der Waals surface area contributed by atoms with Gasteiger partial charge in [-0.25, -0.2) is 9.48 Å². The number of hydrogen-bond donors (Lipinski definition) is 1. The number of carbonyl (C=O) groups is 3. The van der Waals surface area contributed by atoms with E-state index in [-0.39, 0.29) is 18.4 Å². The minimum atomic E-state index is -0.635. The lowest BCUT2D eigenvalue weighted by Crippen LogP contribution is -2.41. The van der Waals surface area contributed by atoms with Crippen molar-refractivity contribution < 1.29 is 19.1 Å². The second-order valence-corrected chi connectivity index (χ2v) is 8.16. The van der Waals surface area contributed by atoms with Crippen LogP contribution in [0.15, 0.2) is 60.7 Å². The number of nitrogens with one attached hydrogen (secondary N) is 1. The van der Waals surface area contributed by atoms with E-state index < -0.39 is 18.5 Å². The third-order valence-electron chi connectivity index (χ3n) is 5.70. The van der Waals surface area contributed by atoms with Crippen molar-refractivity contribution in [1.29, 1.82) is 0 Å². The van der Waals surface area contributed by atoms with E-state index in [1.165, 1.54) is 11.0 Å². The first-order valence-electron chi connectivity index (χ1n) is 11.0. The van der Waals surface area contributed by atoms with E-state index in [1.54, 1.807) is 37.3 Å². The lowest BCUT2D eigenvalue weighted by molar-refractivity contribution is -0.143. The van der Waals surface area contributed by atoms with Crippen molar-refractivity contribution in [2.75, 3.05) is 16.8 Å². The highest BCUT2D eigenvalue weighted by Crippen LogP contribution is 2.31. The fourth-order valence-corrected chi connectivity index (χ4v) is 4.09. The third-order valence-corrected chi connectivity index (χ3v) is 5.70. The molecule has 0 fully saturated rings.